The highest BCUT2D eigenvalue weighted by Crippen LogP contribution is 2.43. The van der Waals surface area contributed by atoms with Crippen LogP contribution in [0.3, 0.4) is 0 Å². The monoisotopic (exact) mass is 480 g/mol. The van der Waals surface area contributed by atoms with Crippen LogP contribution in [0, 0.1) is 0 Å². The Morgan fingerprint density at radius 1 is 0.971 bits per heavy atom. The summed E-state index contributed by atoms with van der Waals surface area (Å²) in [4.78, 5) is 17.1. The van der Waals surface area contributed by atoms with Crippen molar-refractivity contribution in [1.82, 2.24) is 24.2 Å². The van der Waals surface area contributed by atoms with Gasteiger partial charge in [-0.25, -0.2) is 4.98 Å². The van der Waals surface area contributed by atoms with Crippen LogP contribution in [0.25, 0.3) is 5.65 Å². The van der Waals surface area contributed by atoms with Gasteiger partial charge in [-0.15, -0.1) is 0 Å². The summed E-state index contributed by atoms with van der Waals surface area (Å²) < 4.78 is 2.22. The van der Waals surface area contributed by atoms with Gasteiger partial charge in [-0.3, -0.25) is 14.3 Å². The highest BCUT2D eigenvalue weighted by molar-refractivity contribution is 6.31. The summed E-state index contributed by atoms with van der Waals surface area (Å²) in [5.41, 5.74) is 3.74. The maximum absolute atomic E-state index is 10.6. The zero-order valence-electron chi connectivity index (χ0n) is 19.9. The number of nitrogens with zero attached hydrogens (tertiary/aromatic N) is 6. The van der Waals surface area contributed by atoms with E-state index < -0.39 is 0 Å². The molecule has 0 amide bonds. The van der Waals surface area contributed by atoms with Gasteiger partial charge in [0.05, 0.1) is 40.8 Å². The number of hydrogen-bond acceptors (Lipinski definition) is 6. The standard InChI is InChI=1S/C26H33ClN6O/c1-30-14-17-11-12-18(15-30)32(17)24-10-4-9-23-29-26(22(16-34)33(23)24)21-8-3-7-20(31(21)2)25-19(27)6-5-13-28-25/h4-6,9-10,13,17-18,20-21,34H,3,7-8,11-12,14-16H2,1-2H3/t17?,18?,20-,21+/m0/s1. The number of pyridine rings is 2. The van der Waals surface area contributed by atoms with Gasteiger partial charge in [-0.2, -0.15) is 0 Å². The number of aromatic nitrogens is 3. The van der Waals surface area contributed by atoms with E-state index in [1.807, 2.05) is 18.3 Å². The molecule has 6 heterocycles. The lowest BCUT2D eigenvalue weighted by atomic mass is 9.91. The molecule has 8 heteroatoms. The number of anilines is 1. The van der Waals surface area contributed by atoms with Gasteiger partial charge in [0.25, 0.3) is 0 Å². The maximum Gasteiger partial charge on any atom is 0.138 e. The molecular formula is C26H33ClN6O. The van der Waals surface area contributed by atoms with Gasteiger partial charge in [0.1, 0.15) is 11.5 Å². The number of rotatable bonds is 4. The Morgan fingerprint density at radius 2 is 1.71 bits per heavy atom. The minimum atomic E-state index is -0.0318. The molecule has 2 bridgehead atoms. The van der Waals surface area contributed by atoms with E-state index in [4.69, 9.17) is 16.6 Å². The molecule has 180 valence electrons. The average Bonchev–Trinajstić information content (AvgIpc) is 3.34. The molecular weight excluding hydrogens is 448 g/mol. The fourth-order valence-corrected chi connectivity index (χ4v) is 6.94. The third-order valence-corrected chi connectivity index (χ3v) is 8.50. The minimum Gasteiger partial charge on any atom is -0.390 e. The summed E-state index contributed by atoms with van der Waals surface area (Å²) in [7, 11) is 4.37. The molecule has 2 unspecified atom stereocenters. The Hall–Kier alpha value is -2.19. The third-order valence-electron chi connectivity index (χ3n) is 8.18. The predicted molar refractivity (Wildman–Crippen MR) is 134 cm³/mol. The first kappa shape index (κ1) is 22.3. The van der Waals surface area contributed by atoms with Crippen molar-refractivity contribution in [3.05, 3.63) is 58.6 Å². The van der Waals surface area contributed by atoms with Crippen molar-refractivity contribution in [2.75, 3.05) is 32.1 Å². The molecule has 3 aliphatic rings. The largest absolute Gasteiger partial charge is 0.390 e. The summed E-state index contributed by atoms with van der Waals surface area (Å²) in [6.45, 7) is 2.14. The lowest BCUT2D eigenvalue weighted by molar-refractivity contribution is 0.108. The zero-order chi connectivity index (χ0) is 23.4. The Morgan fingerprint density at radius 3 is 2.41 bits per heavy atom. The van der Waals surface area contributed by atoms with Crippen LogP contribution in [0.15, 0.2) is 36.5 Å². The van der Waals surface area contributed by atoms with Gasteiger partial charge in [-0.05, 0) is 70.5 Å². The molecule has 3 aromatic rings. The minimum absolute atomic E-state index is 0.0318. The lowest BCUT2D eigenvalue weighted by Gasteiger charge is -2.41. The van der Waals surface area contributed by atoms with Gasteiger partial charge in [0.15, 0.2) is 0 Å². The molecule has 3 fully saturated rings. The molecule has 3 saturated heterocycles. The first-order chi connectivity index (χ1) is 16.6. The number of piperazine rings is 1. The second-order valence-corrected chi connectivity index (χ2v) is 10.6. The molecule has 34 heavy (non-hydrogen) atoms. The predicted octanol–water partition coefficient (Wildman–Crippen LogP) is 4.06. The van der Waals surface area contributed by atoms with E-state index in [2.05, 4.69) is 56.4 Å². The van der Waals surface area contributed by atoms with Gasteiger partial charge in [0, 0.05) is 31.4 Å². The lowest BCUT2D eigenvalue weighted by Crippen LogP contribution is -2.53. The number of likely N-dealkylation sites (N-methyl/N-ethyl adjacent to an activating group) is 1. The fourth-order valence-electron chi connectivity index (χ4n) is 6.69. The van der Waals surface area contributed by atoms with Crippen LogP contribution in [0.5, 0.6) is 0 Å². The van der Waals surface area contributed by atoms with Crippen molar-refractivity contribution >= 4 is 23.1 Å². The topological polar surface area (TPSA) is 60.1 Å². The van der Waals surface area contributed by atoms with Crippen molar-refractivity contribution in [3.8, 4) is 0 Å². The number of likely N-dealkylation sites (tertiary alicyclic amines) is 2. The van der Waals surface area contributed by atoms with E-state index in [0.29, 0.717) is 17.1 Å². The molecule has 7 nitrogen and oxygen atoms in total. The van der Waals surface area contributed by atoms with Crippen LogP contribution >= 0.6 is 11.6 Å². The first-order valence-electron chi connectivity index (χ1n) is 12.5. The van der Waals surface area contributed by atoms with Crippen molar-refractivity contribution < 1.29 is 5.11 Å². The third kappa shape index (κ3) is 3.52. The molecule has 0 spiro atoms. The van der Waals surface area contributed by atoms with Gasteiger partial charge >= 0.3 is 0 Å². The van der Waals surface area contributed by atoms with Crippen LogP contribution in [0.1, 0.15) is 61.3 Å². The number of imidazole rings is 1. The smallest absolute Gasteiger partial charge is 0.138 e. The van der Waals surface area contributed by atoms with E-state index in [9.17, 15) is 5.11 Å². The van der Waals surface area contributed by atoms with Gasteiger partial charge < -0.3 is 14.9 Å². The molecule has 4 atom stereocenters. The van der Waals surface area contributed by atoms with Crippen LogP contribution in [0.4, 0.5) is 5.82 Å². The molecule has 1 N–H and O–H groups in total. The van der Waals surface area contributed by atoms with E-state index in [-0.39, 0.29) is 18.7 Å². The van der Waals surface area contributed by atoms with E-state index in [1.165, 1.54) is 18.7 Å². The molecule has 3 aliphatic heterocycles. The first-order valence-corrected chi connectivity index (χ1v) is 12.8. The Bertz CT molecular complexity index is 1180. The maximum atomic E-state index is 10.6. The van der Waals surface area contributed by atoms with Gasteiger partial charge in [-0.1, -0.05) is 17.7 Å². The zero-order valence-corrected chi connectivity index (χ0v) is 20.7. The van der Waals surface area contributed by atoms with Gasteiger partial charge in [0.2, 0.25) is 0 Å². The molecule has 3 aromatic heterocycles. The van der Waals surface area contributed by atoms with Crippen molar-refractivity contribution in [1.29, 1.82) is 0 Å². The summed E-state index contributed by atoms with van der Waals surface area (Å²) in [6.07, 6.45) is 7.35. The van der Waals surface area contributed by atoms with Crippen LogP contribution < -0.4 is 4.90 Å². The number of piperidine rings is 1. The number of halogens is 1. The summed E-state index contributed by atoms with van der Waals surface area (Å²) in [6, 6.07) is 11.5. The second kappa shape index (κ2) is 8.79. The highest BCUT2D eigenvalue weighted by atomic mass is 35.5. The summed E-state index contributed by atoms with van der Waals surface area (Å²) in [5, 5.41) is 11.3. The molecule has 0 aliphatic carbocycles. The molecule has 0 saturated carbocycles. The highest BCUT2D eigenvalue weighted by Gasteiger charge is 2.41. The van der Waals surface area contributed by atoms with Crippen LogP contribution in [-0.4, -0.2) is 68.5 Å². The Labute approximate surface area is 206 Å². The number of fused-ring (bicyclic) bond motifs is 3. The van der Waals surface area contributed by atoms with Crippen molar-refractivity contribution in [2.45, 2.75) is 62.9 Å². The van der Waals surface area contributed by atoms with E-state index in [0.717, 1.165) is 55.1 Å². The van der Waals surface area contributed by atoms with Crippen molar-refractivity contribution in [3.63, 3.8) is 0 Å². The average molecular weight is 481 g/mol. The summed E-state index contributed by atoms with van der Waals surface area (Å²) in [5.74, 6) is 1.17. The van der Waals surface area contributed by atoms with Crippen LogP contribution in [-0.2, 0) is 6.61 Å². The van der Waals surface area contributed by atoms with E-state index >= 15 is 0 Å². The number of aliphatic hydroxyl groups is 1. The quantitative estimate of drug-likeness (QED) is 0.607. The summed E-state index contributed by atoms with van der Waals surface area (Å²) >= 11 is 6.53. The number of aliphatic hydroxyl groups excluding tert-OH is 1. The fraction of sp³-hybridized carbons (Fsp3) is 0.538. The normalized spacial score (nSPS) is 28.2. The SMILES string of the molecule is CN1CC2CCC(C1)N2c1cccc2nc([C@H]3CCC[C@@H](c4ncccc4Cl)N3C)c(CO)n12. The Balaban J connectivity index is 1.41. The van der Waals surface area contributed by atoms with Crippen molar-refractivity contribution in [2.24, 2.45) is 0 Å². The Kier molecular flexibility index (Phi) is 5.76. The number of hydrogen-bond donors (Lipinski definition) is 1. The second-order valence-electron chi connectivity index (χ2n) is 10.2. The molecule has 0 aromatic carbocycles. The molecule has 6 rings (SSSR count). The molecule has 0 radical (unpaired) electrons. The van der Waals surface area contributed by atoms with Crippen LogP contribution in [0.2, 0.25) is 5.02 Å². The van der Waals surface area contributed by atoms with E-state index in [1.54, 1.807) is 0 Å².